The zero-order valence-electron chi connectivity index (χ0n) is 13.2. The van der Waals surface area contributed by atoms with E-state index in [0.717, 1.165) is 5.56 Å². The van der Waals surface area contributed by atoms with Gasteiger partial charge in [0.15, 0.2) is 0 Å². The van der Waals surface area contributed by atoms with Crippen LogP contribution in [0.1, 0.15) is 39.2 Å². The highest BCUT2D eigenvalue weighted by Crippen LogP contribution is 2.20. The van der Waals surface area contributed by atoms with E-state index >= 15 is 0 Å². The molecule has 2 amide bonds. The van der Waals surface area contributed by atoms with Crippen LogP contribution in [0.2, 0.25) is 0 Å². The number of nitrogens with zero attached hydrogens (tertiary/aromatic N) is 3. The molecule has 2 rings (SSSR count). The molecule has 21 heavy (non-hydrogen) atoms. The van der Waals surface area contributed by atoms with E-state index in [9.17, 15) is 9.59 Å². The van der Waals surface area contributed by atoms with E-state index in [-0.39, 0.29) is 17.9 Å². The van der Waals surface area contributed by atoms with Crippen LogP contribution >= 0.6 is 0 Å². The fourth-order valence-corrected chi connectivity index (χ4v) is 2.80. The highest BCUT2D eigenvalue weighted by atomic mass is 16.2. The molecule has 0 bridgehead atoms. The highest BCUT2D eigenvalue weighted by Gasteiger charge is 2.39. The van der Waals surface area contributed by atoms with Crippen molar-refractivity contribution in [2.45, 2.75) is 52.2 Å². The Morgan fingerprint density at radius 3 is 2.62 bits per heavy atom. The van der Waals surface area contributed by atoms with Crippen molar-refractivity contribution < 1.29 is 9.59 Å². The number of piperazine rings is 1. The molecule has 1 aliphatic heterocycles. The molecule has 0 spiro atoms. The summed E-state index contributed by atoms with van der Waals surface area (Å²) in [6.45, 7) is 6.47. The van der Waals surface area contributed by atoms with Gasteiger partial charge in [-0.15, -0.1) is 0 Å². The van der Waals surface area contributed by atoms with Gasteiger partial charge in [0.2, 0.25) is 11.8 Å². The molecule has 1 fully saturated rings. The molecule has 6 heteroatoms. The van der Waals surface area contributed by atoms with Crippen molar-refractivity contribution in [1.29, 1.82) is 0 Å². The first-order valence-corrected chi connectivity index (χ1v) is 7.50. The van der Waals surface area contributed by atoms with Gasteiger partial charge in [-0.2, -0.15) is 5.10 Å². The first-order valence-electron chi connectivity index (χ1n) is 7.50. The quantitative estimate of drug-likeness (QED) is 0.883. The second-order valence-corrected chi connectivity index (χ2v) is 6.10. The lowest BCUT2D eigenvalue weighted by Crippen LogP contribution is -2.62. The zero-order valence-corrected chi connectivity index (χ0v) is 13.2. The second kappa shape index (κ2) is 6.28. The summed E-state index contributed by atoms with van der Waals surface area (Å²) in [5, 5.41) is 6.99. The molecule has 2 atom stereocenters. The Balaban J connectivity index is 2.19. The van der Waals surface area contributed by atoms with Gasteiger partial charge in [0.1, 0.15) is 12.1 Å². The van der Waals surface area contributed by atoms with Crippen molar-refractivity contribution in [3.63, 3.8) is 0 Å². The lowest BCUT2D eigenvalue weighted by molar-refractivity contribution is -0.150. The third kappa shape index (κ3) is 3.43. The predicted molar refractivity (Wildman–Crippen MR) is 79.2 cm³/mol. The van der Waals surface area contributed by atoms with E-state index in [2.05, 4.69) is 24.3 Å². The van der Waals surface area contributed by atoms with Crippen molar-refractivity contribution in [2.75, 3.05) is 0 Å². The van der Waals surface area contributed by atoms with Crippen LogP contribution in [0, 0.1) is 5.92 Å². The molecule has 6 nitrogen and oxygen atoms in total. The van der Waals surface area contributed by atoms with Crippen LogP contribution in [0.4, 0.5) is 0 Å². The van der Waals surface area contributed by atoms with Gasteiger partial charge in [0.25, 0.3) is 0 Å². The van der Waals surface area contributed by atoms with Crippen LogP contribution in [0.3, 0.4) is 0 Å². The normalized spacial score (nSPS) is 22.8. The van der Waals surface area contributed by atoms with Gasteiger partial charge in [-0.25, -0.2) is 0 Å². The van der Waals surface area contributed by atoms with Crippen LogP contribution < -0.4 is 5.32 Å². The minimum atomic E-state index is -0.406. The highest BCUT2D eigenvalue weighted by molar-refractivity contribution is 5.96. The molecule has 1 aromatic heterocycles. The molecular weight excluding hydrogens is 268 g/mol. The van der Waals surface area contributed by atoms with Crippen molar-refractivity contribution in [2.24, 2.45) is 13.0 Å². The summed E-state index contributed by atoms with van der Waals surface area (Å²) in [5.74, 6) is 0.323. The standard InChI is InChI=1S/C15H24N4O2/c1-5-13-14(20)17-12(6-10(2)3)15(21)19(13)9-11-7-16-18(4)8-11/h7-8,10,12-13H,5-6,9H2,1-4H3,(H,17,20). The molecule has 0 aliphatic carbocycles. The maximum absolute atomic E-state index is 12.7. The molecule has 2 unspecified atom stereocenters. The molecule has 116 valence electrons. The summed E-state index contributed by atoms with van der Waals surface area (Å²) < 4.78 is 1.70. The number of aryl methyl sites for hydroxylation is 1. The number of hydrogen-bond acceptors (Lipinski definition) is 3. The summed E-state index contributed by atoms with van der Waals surface area (Å²) in [7, 11) is 1.84. The minimum Gasteiger partial charge on any atom is -0.342 e. The Morgan fingerprint density at radius 1 is 1.38 bits per heavy atom. The Kier molecular flexibility index (Phi) is 4.65. The second-order valence-electron chi connectivity index (χ2n) is 6.10. The summed E-state index contributed by atoms with van der Waals surface area (Å²) in [6.07, 6.45) is 4.91. The number of carbonyl (C=O) groups is 2. The largest absolute Gasteiger partial charge is 0.342 e. The predicted octanol–water partition coefficient (Wildman–Crippen LogP) is 1.07. The average molecular weight is 292 g/mol. The van der Waals surface area contributed by atoms with Gasteiger partial charge in [0.05, 0.1) is 6.20 Å². The number of nitrogens with one attached hydrogen (secondary N) is 1. The molecule has 0 aromatic carbocycles. The average Bonchev–Trinajstić information content (AvgIpc) is 2.80. The topological polar surface area (TPSA) is 67.2 Å². The van der Waals surface area contributed by atoms with Gasteiger partial charge < -0.3 is 10.2 Å². The third-order valence-electron chi connectivity index (χ3n) is 3.78. The first-order chi connectivity index (χ1) is 9.92. The summed E-state index contributed by atoms with van der Waals surface area (Å²) in [6, 6.07) is -0.793. The lowest BCUT2D eigenvalue weighted by atomic mass is 9.97. The Bertz CT molecular complexity index is 523. The molecular formula is C15H24N4O2. The van der Waals surface area contributed by atoms with Crippen LogP contribution in [0.25, 0.3) is 0 Å². The van der Waals surface area contributed by atoms with Crippen LogP contribution in [-0.2, 0) is 23.2 Å². The Labute approximate surface area is 125 Å². The number of aromatic nitrogens is 2. The number of rotatable bonds is 5. The first kappa shape index (κ1) is 15.5. The molecule has 0 radical (unpaired) electrons. The SMILES string of the molecule is CCC1C(=O)NC(CC(C)C)C(=O)N1Cc1cnn(C)c1. The van der Waals surface area contributed by atoms with Crippen molar-refractivity contribution >= 4 is 11.8 Å². The van der Waals surface area contributed by atoms with Gasteiger partial charge in [-0.1, -0.05) is 20.8 Å². The zero-order chi connectivity index (χ0) is 15.6. The summed E-state index contributed by atoms with van der Waals surface area (Å²) in [4.78, 5) is 26.6. The molecule has 2 heterocycles. The van der Waals surface area contributed by atoms with Crippen LogP contribution in [0.5, 0.6) is 0 Å². The molecule has 1 aromatic rings. The Morgan fingerprint density at radius 2 is 2.10 bits per heavy atom. The lowest BCUT2D eigenvalue weighted by Gasteiger charge is -2.39. The van der Waals surface area contributed by atoms with Gasteiger partial charge in [-0.05, 0) is 18.8 Å². The monoisotopic (exact) mass is 292 g/mol. The number of hydrogen-bond donors (Lipinski definition) is 1. The molecule has 1 saturated heterocycles. The van der Waals surface area contributed by atoms with E-state index in [0.29, 0.717) is 25.3 Å². The maximum atomic E-state index is 12.7. The van der Waals surface area contributed by atoms with E-state index in [1.54, 1.807) is 15.8 Å². The van der Waals surface area contributed by atoms with E-state index in [1.165, 1.54) is 0 Å². The van der Waals surface area contributed by atoms with Crippen molar-refractivity contribution in [3.8, 4) is 0 Å². The van der Waals surface area contributed by atoms with Crippen molar-refractivity contribution in [3.05, 3.63) is 18.0 Å². The minimum absolute atomic E-state index is 0.0130. The smallest absolute Gasteiger partial charge is 0.246 e. The fraction of sp³-hybridized carbons (Fsp3) is 0.667. The van der Waals surface area contributed by atoms with Gasteiger partial charge in [-0.3, -0.25) is 14.3 Å². The van der Waals surface area contributed by atoms with E-state index in [1.807, 2.05) is 20.2 Å². The molecule has 0 saturated carbocycles. The van der Waals surface area contributed by atoms with Crippen molar-refractivity contribution in [1.82, 2.24) is 20.0 Å². The third-order valence-corrected chi connectivity index (χ3v) is 3.78. The van der Waals surface area contributed by atoms with E-state index < -0.39 is 6.04 Å². The molecule has 1 aliphatic rings. The van der Waals surface area contributed by atoms with E-state index in [4.69, 9.17) is 0 Å². The van der Waals surface area contributed by atoms with Crippen LogP contribution in [0.15, 0.2) is 12.4 Å². The number of carbonyl (C=O) groups excluding carboxylic acids is 2. The molecule has 1 N–H and O–H groups in total. The van der Waals surface area contributed by atoms with Gasteiger partial charge >= 0.3 is 0 Å². The Hall–Kier alpha value is -1.85. The fourth-order valence-electron chi connectivity index (χ4n) is 2.80. The summed E-state index contributed by atoms with van der Waals surface area (Å²) in [5.41, 5.74) is 0.947. The van der Waals surface area contributed by atoms with Crippen LogP contribution in [-0.4, -0.2) is 38.6 Å². The number of amides is 2. The summed E-state index contributed by atoms with van der Waals surface area (Å²) >= 11 is 0. The van der Waals surface area contributed by atoms with Gasteiger partial charge in [0, 0.05) is 25.4 Å². The maximum Gasteiger partial charge on any atom is 0.246 e.